The Hall–Kier alpha value is -1.55. The average molecular weight is 322 g/mol. The number of amides is 1. The first-order valence-electron chi connectivity index (χ1n) is 6.08. The molecule has 3 nitrogen and oxygen atoms in total. The highest BCUT2D eigenvalue weighted by atomic mass is 79.9. The van der Waals surface area contributed by atoms with Crippen LogP contribution < -0.4 is 4.74 Å². The number of hydrogen-bond donors (Lipinski definition) is 0. The zero-order valence-electron chi connectivity index (χ0n) is 11.0. The first-order valence-corrected chi connectivity index (χ1v) is 6.88. The van der Waals surface area contributed by atoms with Gasteiger partial charge in [-0.1, -0.05) is 28.1 Å². The topological polar surface area (TPSA) is 29.5 Å². The molecular weight excluding hydrogens is 306 g/mol. The molecule has 0 heterocycles. The van der Waals surface area contributed by atoms with Crippen molar-refractivity contribution in [3.8, 4) is 5.75 Å². The highest BCUT2D eigenvalue weighted by Crippen LogP contribution is 2.24. The molecule has 0 atom stereocenters. The van der Waals surface area contributed by atoms with Crippen molar-refractivity contribution in [2.45, 2.75) is 6.42 Å². The first-order chi connectivity index (χ1) is 9.06. The maximum absolute atomic E-state index is 11.4. The van der Waals surface area contributed by atoms with Gasteiger partial charge in [-0.15, -0.1) is 0 Å². The molecule has 0 bridgehead atoms. The van der Waals surface area contributed by atoms with Crippen molar-refractivity contribution >= 4 is 32.6 Å². The van der Waals surface area contributed by atoms with Gasteiger partial charge in [0, 0.05) is 18.6 Å². The second-order valence-electron chi connectivity index (χ2n) is 4.54. The summed E-state index contributed by atoms with van der Waals surface area (Å²) in [6, 6.07) is 12.0. The van der Waals surface area contributed by atoms with Crippen LogP contribution in [0.25, 0.3) is 10.8 Å². The molecule has 100 valence electrons. The first kappa shape index (κ1) is 13.9. The molecule has 0 aromatic heterocycles. The summed E-state index contributed by atoms with van der Waals surface area (Å²) in [6.45, 7) is 0.402. The summed E-state index contributed by atoms with van der Waals surface area (Å²) in [5.74, 6) is 0.867. The van der Waals surface area contributed by atoms with Gasteiger partial charge in [0.05, 0.1) is 13.0 Å². The number of halogens is 1. The van der Waals surface area contributed by atoms with Crippen LogP contribution in [0.15, 0.2) is 40.9 Å². The van der Waals surface area contributed by atoms with Crippen LogP contribution >= 0.6 is 15.9 Å². The third-order valence-corrected chi connectivity index (χ3v) is 3.35. The minimum Gasteiger partial charge on any atom is -0.493 e. The predicted octanol–water partition coefficient (Wildman–Crippen LogP) is 3.46. The lowest BCUT2D eigenvalue weighted by molar-refractivity contribution is -0.129. The van der Waals surface area contributed by atoms with E-state index >= 15 is 0 Å². The summed E-state index contributed by atoms with van der Waals surface area (Å²) >= 11 is 3.45. The van der Waals surface area contributed by atoms with E-state index in [1.54, 1.807) is 19.0 Å². The standard InChI is InChI=1S/C15H16BrNO2/c1-17(2)15(18)7-8-19-14-6-4-11-9-13(16)5-3-12(11)10-14/h3-6,9-10H,7-8H2,1-2H3. The summed E-state index contributed by atoms with van der Waals surface area (Å²) in [5.41, 5.74) is 0. The number of ether oxygens (including phenoxy) is 1. The summed E-state index contributed by atoms with van der Waals surface area (Å²) < 4.78 is 6.67. The molecule has 0 N–H and O–H groups in total. The van der Waals surface area contributed by atoms with Crippen LogP contribution in [0.3, 0.4) is 0 Å². The molecule has 0 aliphatic heterocycles. The Labute approximate surface area is 121 Å². The highest BCUT2D eigenvalue weighted by Gasteiger charge is 2.04. The summed E-state index contributed by atoms with van der Waals surface area (Å²) in [4.78, 5) is 13.0. The van der Waals surface area contributed by atoms with Crippen LogP contribution in [0.5, 0.6) is 5.75 Å². The van der Waals surface area contributed by atoms with Crippen molar-refractivity contribution in [3.05, 3.63) is 40.9 Å². The second kappa shape index (κ2) is 6.06. The lowest BCUT2D eigenvalue weighted by Gasteiger charge is -2.11. The van der Waals surface area contributed by atoms with E-state index in [0.29, 0.717) is 13.0 Å². The normalized spacial score (nSPS) is 10.5. The monoisotopic (exact) mass is 321 g/mol. The Morgan fingerprint density at radius 3 is 2.58 bits per heavy atom. The zero-order chi connectivity index (χ0) is 13.8. The third-order valence-electron chi connectivity index (χ3n) is 2.86. The average Bonchev–Trinajstić information content (AvgIpc) is 2.38. The Morgan fingerprint density at radius 1 is 1.16 bits per heavy atom. The van der Waals surface area contributed by atoms with E-state index in [9.17, 15) is 4.79 Å². The maximum Gasteiger partial charge on any atom is 0.225 e. The fourth-order valence-electron chi connectivity index (χ4n) is 1.76. The lowest BCUT2D eigenvalue weighted by atomic mass is 10.1. The SMILES string of the molecule is CN(C)C(=O)CCOc1ccc2cc(Br)ccc2c1. The number of hydrogen-bond acceptors (Lipinski definition) is 2. The molecule has 2 aromatic rings. The number of rotatable bonds is 4. The van der Waals surface area contributed by atoms with Gasteiger partial charge in [0.15, 0.2) is 0 Å². The van der Waals surface area contributed by atoms with E-state index in [2.05, 4.69) is 22.0 Å². The van der Waals surface area contributed by atoms with Crippen molar-refractivity contribution in [2.75, 3.05) is 20.7 Å². The van der Waals surface area contributed by atoms with Crippen LogP contribution in [-0.2, 0) is 4.79 Å². The van der Waals surface area contributed by atoms with Gasteiger partial charge >= 0.3 is 0 Å². The minimum atomic E-state index is 0.0738. The summed E-state index contributed by atoms with van der Waals surface area (Å²) in [7, 11) is 3.49. The van der Waals surface area contributed by atoms with Crippen molar-refractivity contribution in [1.82, 2.24) is 4.90 Å². The molecule has 0 spiro atoms. The van der Waals surface area contributed by atoms with Gasteiger partial charge in [0.25, 0.3) is 0 Å². The Morgan fingerprint density at radius 2 is 1.84 bits per heavy atom. The second-order valence-corrected chi connectivity index (χ2v) is 5.46. The molecule has 0 aliphatic rings. The molecule has 4 heteroatoms. The van der Waals surface area contributed by atoms with Gasteiger partial charge in [-0.2, -0.15) is 0 Å². The van der Waals surface area contributed by atoms with Gasteiger partial charge in [-0.3, -0.25) is 4.79 Å². The van der Waals surface area contributed by atoms with Crippen molar-refractivity contribution in [3.63, 3.8) is 0 Å². The molecule has 0 saturated heterocycles. The molecule has 0 fully saturated rings. The van der Waals surface area contributed by atoms with Crippen molar-refractivity contribution < 1.29 is 9.53 Å². The van der Waals surface area contributed by atoms with Crippen molar-refractivity contribution in [2.24, 2.45) is 0 Å². The van der Waals surface area contributed by atoms with Gasteiger partial charge in [-0.05, 0) is 35.0 Å². The van der Waals surface area contributed by atoms with E-state index in [0.717, 1.165) is 21.0 Å². The molecule has 2 rings (SSSR count). The van der Waals surface area contributed by atoms with Crippen molar-refractivity contribution in [1.29, 1.82) is 0 Å². The lowest BCUT2D eigenvalue weighted by Crippen LogP contribution is -2.23. The van der Waals surface area contributed by atoms with E-state index in [1.807, 2.05) is 30.3 Å². The smallest absolute Gasteiger partial charge is 0.225 e. The summed E-state index contributed by atoms with van der Waals surface area (Å²) in [6.07, 6.45) is 0.394. The maximum atomic E-state index is 11.4. The van der Waals surface area contributed by atoms with E-state index in [4.69, 9.17) is 4.74 Å². The number of benzene rings is 2. The fourth-order valence-corrected chi connectivity index (χ4v) is 2.14. The fraction of sp³-hybridized carbons (Fsp3) is 0.267. The molecule has 1 amide bonds. The molecule has 19 heavy (non-hydrogen) atoms. The largest absolute Gasteiger partial charge is 0.493 e. The predicted molar refractivity (Wildman–Crippen MR) is 80.5 cm³/mol. The molecular formula is C15H16BrNO2. The zero-order valence-corrected chi connectivity index (χ0v) is 12.6. The highest BCUT2D eigenvalue weighted by molar-refractivity contribution is 9.10. The van der Waals surface area contributed by atoms with Crippen LogP contribution in [-0.4, -0.2) is 31.5 Å². The number of nitrogens with zero attached hydrogens (tertiary/aromatic N) is 1. The quantitative estimate of drug-likeness (QED) is 0.863. The van der Waals surface area contributed by atoms with Gasteiger partial charge in [0.2, 0.25) is 5.91 Å². The van der Waals surface area contributed by atoms with Gasteiger partial charge in [-0.25, -0.2) is 0 Å². The van der Waals surface area contributed by atoms with Crippen LogP contribution in [0, 0.1) is 0 Å². The number of fused-ring (bicyclic) bond motifs is 1. The Bertz CT molecular complexity index is 596. The number of carbonyl (C=O) groups is 1. The molecule has 2 aromatic carbocycles. The van der Waals surface area contributed by atoms with Crippen LogP contribution in [0.1, 0.15) is 6.42 Å². The number of carbonyl (C=O) groups excluding carboxylic acids is 1. The minimum absolute atomic E-state index is 0.0738. The van der Waals surface area contributed by atoms with E-state index in [-0.39, 0.29) is 5.91 Å². The molecule has 0 aliphatic carbocycles. The van der Waals surface area contributed by atoms with Crippen LogP contribution in [0.2, 0.25) is 0 Å². The Kier molecular flexibility index (Phi) is 4.43. The molecule has 0 saturated carbocycles. The van der Waals surface area contributed by atoms with Crippen LogP contribution in [0.4, 0.5) is 0 Å². The van der Waals surface area contributed by atoms with E-state index < -0.39 is 0 Å². The van der Waals surface area contributed by atoms with Gasteiger partial charge < -0.3 is 9.64 Å². The Balaban J connectivity index is 2.02. The summed E-state index contributed by atoms with van der Waals surface area (Å²) in [5, 5.41) is 2.28. The van der Waals surface area contributed by atoms with Gasteiger partial charge in [0.1, 0.15) is 5.75 Å². The third kappa shape index (κ3) is 3.70. The molecule has 0 unspecified atom stereocenters. The molecule has 0 radical (unpaired) electrons. The van der Waals surface area contributed by atoms with E-state index in [1.165, 1.54) is 0 Å².